The molecule has 0 amide bonds. The van der Waals surface area contributed by atoms with Crippen LogP contribution in [0.2, 0.25) is 0 Å². The van der Waals surface area contributed by atoms with Crippen LogP contribution in [0.1, 0.15) is 124 Å². The average Bonchev–Trinajstić information content (AvgIpc) is 2.66. The van der Waals surface area contributed by atoms with Gasteiger partial charge in [-0.05, 0) is 56.4 Å². The van der Waals surface area contributed by atoms with Crippen LogP contribution < -0.4 is 5.32 Å². The summed E-state index contributed by atoms with van der Waals surface area (Å²) in [6.45, 7) is 8.54. The normalized spacial score (nSPS) is 32.2. The van der Waals surface area contributed by atoms with Crippen LogP contribution in [-0.4, -0.2) is 12.6 Å². The van der Waals surface area contributed by atoms with Crippen LogP contribution in [0.15, 0.2) is 0 Å². The summed E-state index contributed by atoms with van der Waals surface area (Å²) in [6, 6.07) is 0.708. The SMILES string of the molecule is CCCC(CC1CCCCCCNC(C)CC(C)CC1)C1CCCCC1. The molecule has 2 aliphatic rings. The number of rotatable bonds is 5. The standard InChI is InChI=1S/C25H49N/c1-4-12-25(24-14-9-7-10-15-24)20-23-13-8-5-6-11-18-26-22(3)19-21(2)16-17-23/h21-26H,4-20H2,1-3H3. The van der Waals surface area contributed by atoms with Gasteiger partial charge in [0.2, 0.25) is 0 Å². The maximum absolute atomic E-state index is 3.75. The molecule has 26 heavy (non-hydrogen) atoms. The lowest BCUT2D eigenvalue weighted by molar-refractivity contribution is 0.184. The first-order chi connectivity index (χ1) is 12.7. The quantitative estimate of drug-likeness (QED) is 0.526. The molecule has 1 aliphatic carbocycles. The van der Waals surface area contributed by atoms with E-state index in [0.717, 1.165) is 23.7 Å². The van der Waals surface area contributed by atoms with Crippen molar-refractivity contribution in [3.8, 4) is 0 Å². The van der Waals surface area contributed by atoms with Crippen molar-refractivity contribution in [3.05, 3.63) is 0 Å². The summed E-state index contributed by atoms with van der Waals surface area (Å²) in [4.78, 5) is 0. The van der Waals surface area contributed by atoms with E-state index < -0.39 is 0 Å². The highest BCUT2D eigenvalue weighted by Gasteiger charge is 2.26. The number of hydrogen-bond acceptors (Lipinski definition) is 1. The molecule has 0 spiro atoms. The molecule has 0 aromatic carbocycles. The Balaban J connectivity index is 1.90. The van der Waals surface area contributed by atoms with Gasteiger partial charge in [0.25, 0.3) is 0 Å². The fourth-order valence-electron chi connectivity index (χ4n) is 5.92. The molecule has 0 aromatic rings. The van der Waals surface area contributed by atoms with Gasteiger partial charge in [0.05, 0.1) is 0 Å². The number of nitrogens with one attached hydrogen (secondary N) is 1. The van der Waals surface area contributed by atoms with Crippen LogP contribution in [0, 0.1) is 23.7 Å². The molecule has 2 fully saturated rings. The molecule has 1 N–H and O–H groups in total. The Hall–Kier alpha value is -0.0400. The summed E-state index contributed by atoms with van der Waals surface area (Å²) >= 11 is 0. The van der Waals surface area contributed by atoms with Gasteiger partial charge in [-0.1, -0.05) is 97.3 Å². The van der Waals surface area contributed by atoms with E-state index in [1.165, 1.54) is 103 Å². The molecule has 1 heteroatoms. The third-order valence-electron chi connectivity index (χ3n) is 7.47. The fourth-order valence-corrected chi connectivity index (χ4v) is 5.92. The van der Waals surface area contributed by atoms with Crippen LogP contribution in [0.3, 0.4) is 0 Å². The Kier molecular flexibility index (Phi) is 11.3. The van der Waals surface area contributed by atoms with E-state index in [0.29, 0.717) is 6.04 Å². The van der Waals surface area contributed by atoms with E-state index >= 15 is 0 Å². The van der Waals surface area contributed by atoms with E-state index in [1.54, 1.807) is 6.42 Å². The summed E-state index contributed by atoms with van der Waals surface area (Å²) in [5.74, 6) is 4.01. The zero-order chi connectivity index (χ0) is 18.6. The summed E-state index contributed by atoms with van der Waals surface area (Å²) in [6.07, 6.45) is 23.7. The van der Waals surface area contributed by atoms with Crippen molar-refractivity contribution in [3.63, 3.8) is 0 Å². The lowest BCUT2D eigenvalue weighted by Gasteiger charge is -2.33. The zero-order valence-corrected chi connectivity index (χ0v) is 18.4. The Bertz CT molecular complexity index is 333. The van der Waals surface area contributed by atoms with Crippen LogP contribution in [0.5, 0.6) is 0 Å². The predicted molar refractivity (Wildman–Crippen MR) is 117 cm³/mol. The van der Waals surface area contributed by atoms with Crippen LogP contribution in [0.4, 0.5) is 0 Å². The zero-order valence-electron chi connectivity index (χ0n) is 18.4. The highest BCUT2D eigenvalue weighted by molar-refractivity contribution is 4.78. The Morgan fingerprint density at radius 3 is 2.27 bits per heavy atom. The molecule has 154 valence electrons. The van der Waals surface area contributed by atoms with E-state index in [-0.39, 0.29) is 0 Å². The van der Waals surface area contributed by atoms with E-state index in [4.69, 9.17) is 0 Å². The first-order valence-electron chi connectivity index (χ1n) is 12.4. The van der Waals surface area contributed by atoms with Crippen molar-refractivity contribution in [2.24, 2.45) is 23.7 Å². The van der Waals surface area contributed by atoms with Gasteiger partial charge in [-0.15, -0.1) is 0 Å². The average molecular weight is 364 g/mol. The topological polar surface area (TPSA) is 12.0 Å². The van der Waals surface area contributed by atoms with Crippen molar-refractivity contribution in [1.29, 1.82) is 0 Å². The molecular weight excluding hydrogens is 314 g/mol. The monoisotopic (exact) mass is 363 g/mol. The second-order valence-electron chi connectivity index (χ2n) is 10.0. The first kappa shape index (κ1) is 22.3. The van der Waals surface area contributed by atoms with Gasteiger partial charge in [-0.2, -0.15) is 0 Å². The van der Waals surface area contributed by atoms with Crippen LogP contribution in [-0.2, 0) is 0 Å². The predicted octanol–water partition coefficient (Wildman–Crippen LogP) is 7.74. The summed E-state index contributed by atoms with van der Waals surface area (Å²) in [7, 11) is 0. The third-order valence-corrected chi connectivity index (χ3v) is 7.47. The summed E-state index contributed by atoms with van der Waals surface area (Å²) in [5.41, 5.74) is 0. The molecule has 0 radical (unpaired) electrons. The molecule has 1 saturated carbocycles. The molecule has 2 rings (SSSR count). The maximum Gasteiger partial charge on any atom is 0.00412 e. The molecule has 1 aliphatic heterocycles. The van der Waals surface area contributed by atoms with E-state index in [2.05, 4.69) is 26.1 Å². The second kappa shape index (κ2) is 13.2. The third kappa shape index (κ3) is 8.77. The minimum atomic E-state index is 0.708. The molecule has 4 unspecified atom stereocenters. The Morgan fingerprint density at radius 1 is 0.808 bits per heavy atom. The highest BCUT2D eigenvalue weighted by Crippen LogP contribution is 2.38. The fraction of sp³-hybridized carbons (Fsp3) is 1.00. The van der Waals surface area contributed by atoms with Gasteiger partial charge in [-0.25, -0.2) is 0 Å². The van der Waals surface area contributed by atoms with Gasteiger partial charge in [0.1, 0.15) is 0 Å². The molecule has 0 aromatic heterocycles. The van der Waals surface area contributed by atoms with Gasteiger partial charge in [0.15, 0.2) is 0 Å². The number of hydrogen-bond donors (Lipinski definition) is 1. The molecule has 4 atom stereocenters. The van der Waals surface area contributed by atoms with Crippen molar-refractivity contribution >= 4 is 0 Å². The van der Waals surface area contributed by atoms with Gasteiger partial charge in [0, 0.05) is 6.04 Å². The lowest BCUT2D eigenvalue weighted by Crippen LogP contribution is -2.28. The van der Waals surface area contributed by atoms with E-state index in [9.17, 15) is 0 Å². The van der Waals surface area contributed by atoms with Crippen molar-refractivity contribution in [1.82, 2.24) is 5.32 Å². The van der Waals surface area contributed by atoms with Crippen LogP contribution in [0.25, 0.3) is 0 Å². The largest absolute Gasteiger partial charge is 0.314 e. The Labute approximate surface area is 165 Å². The highest BCUT2D eigenvalue weighted by atomic mass is 14.9. The van der Waals surface area contributed by atoms with Crippen LogP contribution >= 0.6 is 0 Å². The molecule has 1 nitrogen and oxygen atoms in total. The lowest BCUT2D eigenvalue weighted by atomic mass is 9.73. The van der Waals surface area contributed by atoms with Crippen molar-refractivity contribution in [2.45, 2.75) is 130 Å². The molecule has 0 bridgehead atoms. The summed E-state index contributed by atoms with van der Waals surface area (Å²) in [5, 5.41) is 3.75. The van der Waals surface area contributed by atoms with Gasteiger partial charge < -0.3 is 5.32 Å². The molecular formula is C25H49N. The van der Waals surface area contributed by atoms with E-state index in [1.807, 2.05) is 0 Å². The maximum atomic E-state index is 3.75. The smallest absolute Gasteiger partial charge is 0.00412 e. The van der Waals surface area contributed by atoms with Gasteiger partial charge in [-0.3, -0.25) is 0 Å². The Morgan fingerprint density at radius 2 is 1.50 bits per heavy atom. The molecule has 1 saturated heterocycles. The van der Waals surface area contributed by atoms with Crippen molar-refractivity contribution < 1.29 is 0 Å². The second-order valence-corrected chi connectivity index (χ2v) is 10.0. The van der Waals surface area contributed by atoms with Crippen molar-refractivity contribution in [2.75, 3.05) is 6.54 Å². The van der Waals surface area contributed by atoms with Gasteiger partial charge >= 0.3 is 0 Å². The minimum Gasteiger partial charge on any atom is -0.314 e. The minimum absolute atomic E-state index is 0.708. The molecule has 1 heterocycles. The first-order valence-corrected chi connectivity index (χ1v) is 12.4. The summed E-state index contributed by atoms with van der Waals surface area (Å²) < 4.78 is 0.